The fourth-order valence-corrected chi connectivity index (χ4v) is 1.51. The maximum Gasteiger partial charge on any atom is 0.0623 e. The summed E-state index contributed by atoms with van der Waals surface area (Å²) in [6, 6.07) is 0.356. The minimum Gasteiger partial charge on any atom is -0.382 e. The fraction of sp³-hybridized carbons (Fsp3) is 1.00. The van der Waals surface area contributed by atoms with Crippen molar-refractivity contribution in [3.05, 3.63) is 0 Å². The first-order chi connectivity index (χ1) is 7.55. The summed E-state index contributed by atoms with van der Waals surface area (Å²) in [6.07, 6.45) is 4.14. The van der Waals surface area contributed by atoms with Gasteiger partial charge in [-0.05, 0) is 46.5 Å². The maximum absolute atomic E-state index is 5.53. The van der Waals surface area contributed by atoms with Crippen LogP contribution in [-0.2, 0) is 9.47 Å². The van der Waals surface area contributed by atoms with Crippen LogP contribution in [0.1, 0.15) is 46.5 Å². The highest BCUT2D eigenvalue weighted by molar-refractivity contribution is 4.73. The molecule has 4 heteroatoms. The van der Waals surface area contributed by atoms with Gasteiger partial charge >= 0.3 is 0 Å². The van der Waals surface area contributed by atoms with Crippen molar-refractivity contribution < 1.29 is 9.47 Å². The second-order valence-electron chi connectivity index (χ2n) is 4.71. The van der Waals surface area contributed by atoms with Crippen molar-refractivity contribution in [2.75, 3.05) is 20.3 Å². The minimum absolute atomic E-state index is 0.0605. The van der Waals surface area contributed by atoms with Crippen molar-refractivity contribution in [2.24, 2.45) is 5.84 Å². The summed E-state index contributed by atoms with van der Waals surface area (Å²) in [4.78, 5) is 0. The third-order valence-corrected chi connectivity index (χ3v) is 2.93. The molecule has 0 spiro atoms. The fourth-order valence-electron chi connectivity index (χ4n) is 1.51. The first-order valence-electron chi connectivity index (χ1n) is 6.14. The van der Waals surface area contributed by atoms with E-state index in [-0.39, 0.29) is 5.60 Å². The Labute approximate surface area is 99.8 Å². The molecule has 0 fully saturated rings. The van der Waals surface area contributed by atoms with Gasteiger partial charge in [-0.15, -0.1) is 0 Å². The monoisotopic (exact) mass is 232 g/mol. The third-order valence-electron chi connectivity index (χ3n) is 2.93. The Balaban J connectivity index is 3.66. The lowest BCUT2D eigenvalue weighted by Gasteiger charge is -2.25. The number of methoxy groups -OCH3 is 1. The first kappa shape index (κ1) is 15.8. The van der Waals surface area contributed by atoms with Gasteiger partial charge in [0.25, 0.3) is 0 Å². The number of nitrogens with two attached hydrogens (primary N) is 1. The molecule has 0 aliphatic rings. The molecule has 0 amide bonds. The van der Waals surface area contributed by atoms with Gasteiger partial charge in [0.05, 0.1) is 5.60 Å². The van der Waals surface area contributed by atoms with Gasteiger partial charge in [0.1, 0.15) is 0 Å². The summed E-state index contributed by atoms with van der Waals surface area (Å²) < 4.78 is 10.7. The van der Waals surface area contributed by atoms with E-state index in [9.17, 15) is 0 Å². The molecule has 3 N–H and O–H groups in total. The first-order valence-corrected chi connectivity index (χ1v) is 6.14. The van der Waals surface area contributed by atoms with Crippen LogP contribution in [0.15, 0.2) is 0 Å². The average molecular weight is 232 g/mol. The molecule has 1 unspecified atom stereocenters. The molecule has 0 saturated heterocycles. The van der Waals surface area contributed by atoms with Gasteiger partial charge in [0.15, 0.2) is 0 Å². The highest BCUT2D eigenvalue weighted by Gasteiger charge is 2.18. The van der Waals surface area contributed by atoms with Gasteiger partial charge in [-0.25, -0.2) is 0 Å². The summed E-state index contributed by atoms with van der Waals surface area (Å²) in [6.45, 7) is 7.82. The number of hydrogen-bond donors (Lipinski definition) is 2. The predicted molar refractivity (Wildman–Crippen MR) is 67.2 cm³/mol. The Hall–Kier alpha value is -0.160. The largest absolute Gasteiger partial charge is 0.382 e. The lowest BCUT2D eigenvalue weighted by molar-refractivity contribution is 0.0113. The zero-order valence-corrected chi connectivity index (χ0v) is 11.2. The molecule has 0 heterocycles. The molecule has 0 aliphatic carbocycles. The van der Waals surface area contributed by atoms with E-state index >= 15 is 0 Å². The Bertz CT molecular complexity index is 163. The summed E-state index contributed by atoms with van der Waals surface area (Å²) in [5.41, 5.74) is 2.80. The van der Waals surface area contributed by atoms with Crippen molar-refractivity contribution in [3.8, 4) is 0 Å². The topological polar surface area (TPSA) is 56.5 Å². The van der Waals surface area contributed by atoms with Crippen LogP contribution in [-0.4, -0.2) is 32.0 Å². The molecular weight excluding hydrogens is 204 g/mol. The molecule has 4 nitrogen and oxygen atoms in total. The predicted octanol–water partition coefficient (Wildman–Crippen LogP) is 1.84. The van der Waals surface area contributed by atoms with Crippen LogP contribution in [0.4, 0.5) is 0 Å². The smallest absolute Gasteiger partial charge is 0.0623 e. The molecule has 1 atom stereocenters. The standard InChI is InChI=1S/C12H28N2O2/c1-5-16-10-6-7-11(14-13)8-9-12(2,3)15-4/h11,14H,5-10,13H2,1-4H3. The molecule has 0 radical (unpaired) electrons. The van der Waals surface area contributed by atoms with Gasteiger partial charge in [-0.2, -0.15) is 0 Å². The van der Waals surface area contributed by atoms with Crippen LogP contribution in [0, 0.1) is 0 Å². The highest BCUT2D eigenvalue weighted by Crippen LogP contribution is 2.17. The number of nitrogens with one attached hydrogen (secondary N) is 1. The second kappa shape index (κ2) is 8.93. The van der Waals surface area contributed by atoms with Crippen LogP contribution in [0.25, 0.3) is 0 Å². The van der Waals surface area contributed by atoms with E-state index in [0.29, 0.717) is 6.04 Å². The molecule has 0 bridgehead atoms. The summed E-state index contributed by atoms with van der Waals surface area (Å²) in [5, 5.41) is 0. The quantitative estimate of drug-likeness (QED) is 0.343. The lowest BCUT2D eigenvalue weighted by atomic mass is 9.97. The minimum atomic E-state index is -0.0605. The van der Waals surface area contributed by atoms with Crippen molar-refractivity contribution in [2.45, 2.75) is 58.1 Å². The normalized spacial score (nSPS) is 14.1. The molecule has 16 heavy (non-hydrogen) atoms. The van der Waals surface area contributed by atoms with Crippen molar-refractivity contribution in [1.82, 2.24) is 5.43 Å². The molecule has 0 aromatic rings. The average Bonchev–Trinajstić information content (AvgIpc) is 2.28. The maximum atomic E-state index is 5.53. The van der Waals surface area contributed by atoms with E-state index in [2.05, 4.69) is 19.3 Å². The third kappa shape index (κ3) is 8.05. The van der Waals surface area contributed by atoms with Crippen LogP contribution < -0.4 is 11.3 Å². The van der Waals surface area contributed by atoms with E-state index < -0.39 is 0 Å². The number of rotatable bonds is 10. The highest BCUT2D eigenvalue weighted by atomic mass is 16.5. The summed E-state index contributed by atoms with van der Waals surface area (Å²) >= 11 is 0. The van der Waals surface area contributed by atoms with Gasteiger partial charge in [0.2, 0.25) is 0 Å². The Morgan fingerprint density at radius 3 is 2.50 bits per heavy atom. The van der Waals surface area contributed by atoms with E-state index in [4.69, 9.17) is 15.3 Å². The summed E-state index contributed by atoms with van der Waals surface area (Å²) in [5.74, 6) is 5.53. The Morgan fingerprint density at radius 2 is 2.00 bits per heavy atom. The van der Waals surface area contributed by atoms with Crippen LogP contribution in [0.3, 0.4) is 0 Å². The zero-order valence-electron chi connectivity index (χ0n) is 11.2. The number of hydrogen-bond acceptors (Lipinski definition) is 4. The van der Waals surface area contributed by atoms with Crippen LogP contribution in [0.2, 0.25) is 0 Å². The second-order valence-corrected chi connectivity index (χ2v) is 4.71. The van der Waals surface area contributed by atoms with E-state index in [1.807, 2.05) is 6.92 Å². The number of ether oxygens (including phenoxy) is 2. The van der Waals surface area contributed by atoms with Gasteiger partial charge in [0, 0.05) is 26.4 Å². The van der Waals surface area contributed by atoms with E-state index in [1.165, 1.54) is 0 Å². The van der Waals surface area contributed by atoms with Crippen LogP contribution in [0.5, 0.6) is 0 Å². The van der Waals surface area contributed by atoms with Crippen molar-refractivity contribution >= 4 is 0 Å². The van der Waals surface area contributed by atoms with E-state index in [0.717, 1.165) is 38.9 Å². The molecule has 0 aromatic carbocycles. The van der Waals surface area contributed by atoms with Crippen LogP contribution >= 0.6 is 0 Å². The molecule has 0 rings (SSSR count). The Kier molecular flexibility index (Phi) is 8.84. The van der Waals surface area contributed by atoms with Crippen molar-refractivity contribution in [3.63, 3.8) is 0 Å². The van der Waals surface area contributed by atoms with E-state index in [1.54, 1.807) is 7.11 Å². The molecule has 0 aromatic heterocycles. The summed E-state index contributed by atoms with van der Waals surface area (Å²) in [7, 11) is 1.75. The Morgan fingerprint density at radius 1 is 1.31 bits per heavy atom. The van der Waals surface area contributed by atoms with Crippen molar-refractivity contribution in [1.29, 1.82) is 0 Å². The van der Waals surface area contributed by atoms with Gasteiger partial charge in [-0.1, -0.05) is 0 Å². The molecule has 0 saturated carbocycles. The molecule has 98 valence electrons. The SMILES string of the molecule is CCOCCCC(CCC(C)(C)OC)NN. The molecular formula is C12H28N2O2. The van der Waals surface area contributed by atoms with Gasteiger partial charge < -0.3 is 9.47 Å². The number of hydrazine groups is 1. The molecule has 0 aliphatic heterocycles. The van der Waals surface area contributed by atoms with Gasteiger partial charge in [-0.3, -0.25) is 11.3 Å². The zero-order chi connectivity index (χ0) is 12.4. The lowest BCUT2D eigenvalue weighted by Crippen LogP contribution is -2.37.